The van der Waals surface area contributed by atoms with Crippen LogP contribution < -0.4 is 5.32 Å². The molecule has 2 N–H and O–H groups in total. The minimum atomic E-state index is -0.246. The molecule has 20 heavy (non-hydrogen) atoms. The molecular formula is C16H15BrFNO. The number of hydrogen-bond donors (Lipinski definition) is 2. The summed E-state index contributed by atoms with van der Waals surface area (Å²) in [6.45, 7) is 1.89. The van der Waals surface area contributed by atoms with Gasteiger partial charge in [-0.3, -0.25) is 0 Å². The number of aryl methyl sites for hydroxylation is 2. The van der Waals surface area contributed by atoms with Gasteiger partial charge in [-0.15, -0.1) is 0 Å². The highest BCUT2D eigenvalue weighted by Gasteiger charge is 2.23. The maximum atomic E-state index is 13.5. The molecule has 0 bridgehead atoms. The number of fused-ring (bicyclic) bond motifs is 1. The SMILES string of the molecule is Cc1cc(F)c(Br)cc1NC1CCc2cc(O)ccc21. The number of nitrogens with one attached hydrogen (secondary N) is 1. The number of halogens is 2. The molecule has 3 rings (SSSR count). The average molecular weight is 336 g/mol. The molecule has 0 aliphatic heterocycles. The van der Waals surface area contributed by atoms with E-state index >= 15 is 0 Å². The first-order valence-corrected chi connectivity index (χ1v) is 7.38. The number of anilines is 1. The van der Waals surface area contributed by atoms with Crippen LogP contribution in [0.3, 0.4) is 0 Å². The van der Waals surface area contributed by atoms with Crippen molar-refractivity contribution < 1.29 is 9.50 Å². The van der Waals surface area contributed by atoms with Crippen molar-refractivity contribution in [3.8, 4) is 5.75 Å². The van der Waals surface area contributed by atoms with E-state index in [0.717, 1.165) is 24.1 Å². The zero-order valence-electron chi connectivity index (χ0n) is 11.1. The average Bonchev–Trinajstić information content (AvgIpc) is 2.78. The van der Waals surface area contributed by atoms with Crippen LogP contribution in [0.15, 0.2) is 34.8 Å². The van der Waals surface area contributed by atoms with Crippen LogP contribution in [0.5, 0.6) is 5.75 Å². The Hall–Kier alpha value is -1.55. The van der Waals surface area contributed by atoms with Crippen LogP contribution in [0.4, 0.5) is 10.1 Å². The van der Waals surface area contributed by atoms with Gasteiger partial charge >= 0.3 is 0 Å². The minimum absolute atomic E-state index is 0.210. The summed E-state index contributed by atoms with van der Waals surface area (Å²) in [6, 6.07) is 9.02. The fourth-order valence-corrected chi connectivity index (χ4v) is 3.09. The van der Waals surface area contributed by atoms with E-state index in [-0.39, 0.29) is 11.9 Å². The van der Waals surface area contributed by atoms with Crippen LogP contribution in [-0.4, -0.2) is 5.11 Å². The van der Waals surface area contributed by atoms with E-state index in [0.29, 0.717) is 10.2 Å². The maximum absolute atomic E-state index is 13.5. The van der Waals surface area contributed by atoms with Gasteiger partial charge in [-0.25, -0.2) is 4.39 Å². The second-order valence-electron chi connectivity index (χ2n) is 5.20. The molecule has 0 spiro atoms. The van der Waals surface area contributed by atoms with E-state index in [1.807, 2.05) is 19.1 Å². The van der Waals surface area contributed by atoms with Crippen LogP contribution >= 0.6 is 15.9 Å². The zero-order chi connectivity index (χ0) is 14.3. The zero-order valence-corrected chi connectivity index (χ0v) is 12.7. The topological polar surface area (TPSA) is 32.3 Å². The van der Waals surface area contributed by atoms with E-state index in [1.54, 1.807) is 12.1 Å². The first kappa shape index (κ1) is 13.4. The van der Waals surface area contributed by atoms with Crippen molar-refractivity contribution in [3.05, 3.63) is 57.3 Å². The molecular weight excluding hydrogens is 321 g/mol. The van der Waals surface area contributed by atoms with E-state index in [2.05, 4.69) is 21.2 Å². The van der Waals surface area contributed by atoms with Crippen LogP contribution in [0.1, 0.15) is 29.2 Å². The fourth-order valence-electron chi connectivity index (χ4n) is 2.74. The summed E-state index contributed by atoms with van der Waals surface area (Å²) in [6.07, 6.45) is 1.93. The van der Waals surface area contributed by atoms with Crippen LogP contribution in [0, 0.1) is 12.7 Å². The molecule has 0 amide bonds. The lowest BCUT2D eigenvalue weighted by atomic mass is 10.1. The van der Waals surface area contributed by atoms with Gasteiger partial charge in [-0.2, -0.15) is 0 Å². The Morgan fingerprint density at radius 2 is 2.10 bits per heavy atom. The number of rotatable bonds is 2. The van der Waals surface area contributed by atoms with Gasteiger partial charge in [-0.1, -0.05) is 6.07 Å². The molecule has 0 heterocycles. The van der Waals surface area contributed by atoms with Crippen molar-refractivity contribution >= 4 is 21.6 Å². The summed E-state index contributed by atoms with van der Waals surface area (Å²) in [4.78, 5) is 0. The molecule has 2 aromatic carbocycles. The molecule has 2 aromatic rings. The van der Waals surface area contributed by atoms with Crippen molar-refractivity contribution in [1.82, 2.24) is 0 Å². The third-order valence-electron chi connectivity index (χ3n) is 3.80. The van der Waals surface area contributed by atoms with Gasteiger partial charge in [0.25, 0.3) is 0 Å². The molecule has 0 saturated heterocycles. The van der Waals surface area contributed by atoms with E-state index in [9.17, 15) is 9.50 Å². The molecule has 0 fully saturated rings. The summed E-state index contributed by atoms with van der Waals surface area (Å²) in [7, 11) is 0. The van der Waals surface area contributed by atoms with E-state index < -0.39 is 0 Å². The van der Waals surface area contributed by atoms with Crippen molar-refractivity contribution in [3.63, 3.8) is 0 Å². The minimum Gasteiger partial charge on any atom is -0.508 e. The summed E-state index contributed by atoms with van der Waals surface area (Å²) in [5.74, 6) is 0.0647. The van der Waals surface area contributed by atoms with Gasteiger partial charge in [0.15, 0.2) is 0 Å². The molecule has 1 aliphatic rings. The van der Waals surface area contributed by atoms with Crippen LogP contribution in [-0.2, 0) is 6.42 Å². The number of benzene rings is 2. The van der Waals surface area contributed by atoms with Crippen molar-refractivity contribution in [2.75, 3.05) is 5.32 Å². The maximum Gasteiger partial charge on any atom is 0.137 e. The highest BCUT2D eigenvalue weighted by molar-refractivity contribution is 9.10. The Bertz CT molecular complexity index is 672. The Balaban J connectivity index is 1.89. The second-order valence-corrected chi connectivity index (χ2v) is 6.05. The molecule has 0 aromatic heterocycles. The Labute approximate surface area is 125 Å². The van der Waals surface area contributed by atoms with Crippen molar-refractivity contribution in [2.45, 2.75) is 25.8 Å². The normalized spacial score (nSPS) is 17.1. The molecule has 1 aliphatic carbocycles. The quantitative estimate of drug-likeness (QED) is 0.833. The highest BCUT2D eigenvalue weighted by atomic mass is 79.9. The number of aromatic hydroxyl groups is 1. The summed E-state index contributed by atoms with van der Waals surface area (Å²) in [5, 5.41) is 13.0. The molecule has 0 saturated carbocycles. The molecule has 1 atom stereocenters. The van der Waals surface area contributed by atoms with Gasteiger partial charge in [0.05, 0.1) is 10.5 Å². The van der Waals surface area contributed by atoms with Gasteiger partial charge in [-0.05, 0) is 76.7 Å². The first-order chi connectivity index (χ1) is 9.54. The molecule has 4 heteroatoms. The fraction of sp³-hybridized carbons (Fsp3) is 0.250. The van der Waals surface area contributed by atoms with Crippen LogP contribution in [0.25, 0.3) is 0 Å². The lowest BCUT2D eigenvalue weighted by Crippen LogP contribution is -2.08. The number of phenols is 1. The molecule has 104 valence electrons. The second kappa shape index (κ2) is 5.09. The largest absolute Gasteiger partial charge is 0.508 e. The van der Waals surface area contributed by atoms with Gasteiger partial charge in [0, 0.05) is 5.69 Å². The molecule has 2 nitrogen and oxygen atoms in total. The monoisotopic (exact) mass is 335 g/mol. The Morgan fingerprint density at radius 1 is 1.30 bits per heavy atom. The lowest BCUT2D eigenvalue weighted by Gasteiger charge is -2.18. The summed E-state index contributed by atoms with van der Waals surface area (Å²) in [5.41, 5.74) is 4.21. The van der Waals surface area contributed by atoms with Crippen LogP contribution in [0.2, 0.25) is 0 Å². The third kappa shape index (κ3) is 2.40. The van der Waals surface area contributed by atoms with Crippen molar-refractivity contribution in [2.24, 2.45) is 0 Å². The Kier molecular flexibility index (Phi) is 3.42. The van der Waals surface area contributed by atoms with E-state index in [4.69, 9.17) is 0 Å². The van der Waals surface area contributed by atoms with Gasteiger partial charge < -0.3 is 10.4 Å². The number of phenolic OH excluding ortho intramolecular Hbond substituents is 1. The van der Waals surface area contributed by atoms with Gasteiger partial charge in [0.2, 0.25) is 0 Å². The summed E-state index contributed by atoms with van der Waals surface area (Å²) >= 11 is 3.22. The predicted octanol–water partition coefficient (Wildman–Crippen LogP) is 4.70. The van der Waals surface area contributed by atoms with Crippen molar-refractivity contribution in [1.29, 1.82) is 0 Å². The van der Waals surface area contributed by atoms with Gasteiger partial charge in [0.1, 0.15) is 11.6 Å². The Morgan fingerprint density at radius 3 is 2.90 bits per heavy atom. The lowest BCUT2D eigenvalue weighted by molar-refractivity contribution is 0.474. The highest BCUT2D eigenvalue weighted by Crippen LogP contribution is 2.37. The third-order valence-corrected chi connectivity index (χ3v) is 4.41. The number of hydrogen-bond acceptors (Lipinski definition) is 2. The summed E-state index contributed by atoms with van der Waals surface area (Å²) < 4.78 is 13.9. The molecule has 1 unspecified atom stereocenters. The first-order valence-electron chi connectivity index (χ1n) is 6.58. The standard InChI is InChI=1S/C16H15BrFNO/c1-9-6-14(18)13(17)8-16(9)19-15-5-2-10-7-11(20)3-4-12(10)15/h3-4,6-8,15,19-20H,2,5H2,1H3. The predicted molar refractivity (Wildman–Crippen MR) is 81.6 cm³/mol. The van der Waals surface area contributed by atoms with E-state index in [1.165, 1.54) is 17.2 Å². The smallest absolute Gasteiger partial charge is 0.137 e. The molecule has 0 radical (unpaired) electrons.